The fraction of sp³-hybridized carbons (Fsp3) is 0.273. The Bertz CT molecular complexity index is 1890. The summed E-state index contributed by atoms with van der Waals surface area (Å²) in [5, 5.41) is 3.51. The highest BCUT2D eigenvalue weighted by molar-refractivity contribution is 8.00. The number of benzene rings is 3. The summed E-state index contributed by atoms with van der Waals surface area (Å²) < 4.78 is 32.5. The number of aromatic nitrogens is 1. The fourth-order valence-corrected chi connectivity index (χ4v) is 10.8. The molecule has 0 spiro atoms. The van der Waals surface area contributed by atoms with Crippen LogP contribution in [0, 0.1) is 41.2 Å². The number of thiazole rings is 1. The van der Waals surface area contributed by atoms with Crippen LogP contribution in [0.1, 0.15) is 22.8 Å². The molecule has 2 saturated carbocycles. The number of nitrogens with zero attached hydrogens (tertiary/aromatic N) is 1. The lowest BCUT2D eigenvalue weighted by Gasteiger charge is -2.43. The molecule has 0 radical (unpaired) electrons. The number of thioether (sulfide) groups is 1. The molecule has 4 aliphatic rings. The molecule has 1 saturated heterocycles. The monoisotopic (exact) mass is 645 g/mol. The number of imide groups is 1. The molecular formula is C33H25F2N3O5S2. The maximum Gasteiger partial charge on any atom is 0.305 e. The van der Waals surface area contributed by atoms with Gasteiger partial charge in [0.1, 0.15) is 17.4 Å². The van der Waals surface area contributed by atoms with Gasteiger partial charge in [-0.15, -0.1) is 11.8 Å². The Hall–Kier alpha value is -4.29. The Kier molecular flexibility index (Phi) is 6.68. The summed E-state index contributed by atoms with van der Waals surface area (Å²) in [6.07, 6.45) is 0.756. The number of anilines is 2. The molecule has 12 heteroatoms. The molecule has 3 amide bonds. The first-order valence-corrected chi connectivity index (χ1v) is 16.3. The van der Waals surface area contributed by atoms with Crippen molar-refractivity contribution in [2.24, 2.45) is 29.6 Å². The quantitative estimate of drug-likeness (QED) is 0.272. The van der Waals surface area contributed by atoms with E-state index in [0.29, 0.717) is 17.1 Å². The van der Waals surface area contributed by atoms with Gasteiger partial charge in [-0.2, -0.15) is 0 Å². The summed E-state index contributed by atoms with van der Waals surface area (Å²) in [5.74, 6) is -2.32. The Balaban J connectivity index is 1.05. The average Bonchev–Trinajstić information content (AvgIpc) is 3.77. The van der Waals surface area contributed by atoms with E-state index in [9.17, 15) is 28.0 Å². The van der Waals surface area contributed by atoms with Crippen LogP contribution in [-0.4, -0.2) is 34.6 Å². The number of nitrogens with one attached hydrogen (secondary N) is 2. The highest BCUT2D eigenvalue weighted by Crippen LogP contribution is 2.68. The van der Waals surface area contributed by atoms with Crippen LogP contribution in [0.25, 0.3) is 0 Å². The van der Waals surface area contributed by atoms with Crippen molar-refractivity contribution in [3.05, 3.63) is 105 Å². The van der Waals surface area contributed by atoms with Crippen LogP contribution < -0.4 is 19.8 Å². The van der Waals surface area contributed by atoms with Crippen LogP contribution in [0.4, 0.5) is 20.2 Å². The second-order valence-electron chi connectivity index (χ2n) is 11.9. The molecule has 7 atom stereocenters. The third-order valence-corrected chi connectivity index (χ3v) is 12.1. The minimum atomic E-state index is -0.462. The second-order valence-corrected chi connectivity index (χ2v) is 14.1. The average molecular weight is 646 g/mol. The number of carbonyl (C=O) groups excluding carboxylic acids is 3. The van der Waals surface area contributed by atoms with E-state index in [0.717, 1.165) is 21.9 Å². The van der Waals surface area contributed by atoms with Gasteiger partial charge in [-0.05, 0) is 90.4 Å². The molecule has 2 aliphatic carbocycles. The normalized spacial score (nSPS) is 27.7. The van der Waals surface area contributed by atoms with Gasteiger partial charge in [0.15, 0.2) is 6.61 Å². The van der Waals surface area contributed by atoms with E-state index in [1.165, 1.54) is 64.8 Å². The summed E-state index contributed by atoms with van der Waals surface area (Å²) in [5.41, 5.74) is 1.81. The van der Waals surface area contributed by atoms with E-state index in [1.54, 1.807) is 23.9 Å². The van der Waals surface area contributed by atoms with Gasteiger partial charge in [0, 0.05) is 21.7 Å². The van der Waals surface area contributed by atoms with Crippen molar-refractivity contribution in [3.63, 3.8) is 0 Å². The number of hydrogen-bond acceptors (Lipinski definition) is 7. The molecule has 3 aromatic carbocycles. The van der Waals surface area contributed by atoms with Gasteiger partial charge >= 0.3 is 4.87 Å². The predicted molar refractivity (Wildman–Crippen MR) is 164 cm³/mol. The standard InChI is InChI=1S/C33H25F2N3O5S2/c34-16-3-7-18(8-4-16)36-23(39)14-43-20-11-1-15(2-12-20)24-25-21-13-22(28(25)44-30-29(24)45-33(42)37-30)27-26(21)31(40)38(32(27)41)19-9-5-17(35)6-10-19/h1-12,21-22,24-28H,13-14H2,(H,36,39)(H,37,42)/t21-,22-,24+,25-,26+,27+,28-/m1/s1. The zero-order valence-electron chi connectivity index (χ0n) is 23.4. The number of hydrogen-bond donors (Lipinski definition) is 2. The third kappa shape index (κ3) is 4.61. The molecule has 3 heterocycles. The van der Waals surface area contributed by atoms with E-state index in [-0.39, 0.29) is 58.1 Å². The molecule has 2 N–H and O–H groups in total. The zero-order chi connectivity index (χ0) is 31.0. The van der Waals surface area contributed by atoms with Crippen molar-refractivity contribution in [2.45, 2.75) is 22.6 Å². The molecule has 2 aliphatic heterocycles. The van der Waals surface area contributed by atoms with Crippen molar-refractivity contribution in [3.8, 4) is 5.75 Å². The van der Waals surface area contributed by atoms with Crippen molar-refractivity contribution in [1.29, 1.82) is 0 Å². The number of fused-ring (bicyclic) bond motifs is 9. The lowest BCUT2D eigenvalue weighted by atomic mass is 9.68. The lowest BCUT2D eigenvalue weighted by Crippen LogP contribution is -2.42. The number of rotatable bonds is 6. The highest BCUT2D eigenvalue weighted by atomic mass is 32.2. The van der Waals surface area contributed by atoms with E-state index in [2.05, 4.69) is 10.3 Å². The van der Waals surface area contributed by atoms with Gasteiger partial charge in [-0.1, -0.05) is 23.5 Å². The van der Waals surface area contributed by atoms with Gasteiger partial charge in [0.25, 0.3) is 5.91 Å². The molecule has 8 nitrogen and oxygen atoms in total. The van der Waals surface area contributed by atoms with Gasteiger partial charge in [-0.3, -0.25) is 24.1 Å². The van der Waals surface area contributed by atoms with E-state index >= 15 is 0 Å². The third-order valence-electron chi connectivity index (χ3n) is 9.55. The minimum absolute atomic E-state index is 0.0263. The molecule has 228 valence electrons. The topological polar surface area (TPSA) is 109 Å². The molecular weight excluding hydrogens is 621 g/mol. The number of ether oxygens (including phenoxy) is 1. The maximum atomic E-state index is 13.8. The first-order valence-electron chi connectivity index (χ1n) is 14.6. The second kappa shape index (κ2) is 10.7. The molecule has 8 rings (SSSR count). The summed E-state index contributed by atoms with van der Waals surface area (Å²) in [7, 11) is 0. The van der Waals surface area contributed by atoms with Gasteiger partial charge < -0.3 is 15.0 Å². The van der Waals surface area contributed by atoms with Crippen LogP contribution in [0.3, 0.4) is 0 Å². The smallest absolute Gasteiger partial charge is 0.305 e. The first-order chi connectivity index (χ1) is 21.8. The van der Waals surface area contributed by atoms with Crippen LogP contribution in [0.15, 0.2) is 82.6 Å². The number of amides is 3. The minimum Gasteiger partial charge on any atom is -0.484 e. The number of halogens is 2. The lowest BCUT2D eigenvalue weighted by molar-refractivity contribution is -0.123. The van der Waals surface area contributed by atoms with Gasteiger partial charge in [0.2, 0.25) is 11.8 Å². The van der Waals surface area contributed by atoms with E-state index in [4.69, 9.17) is 4.74 Å². The van der Waals surface area contributed by atoms with E-state index < -0.39 is 23.5 Å². The van der Waals surface area contributed by atoms with E-state index in [1.807, 2.05) is 12.1 Å². The first kappa shape index (κ1) is 28.2. The Labute approximate surface area is 263 Å². The zero-order valence-corrected chi connectivity index (χ0v) is 25.1. The highest BCUT2D eigenvalue weighted by Gasteiger charge is 2.69. The summed E-state index contributed by atoms with van der Waals surface area (Å²) in [4.78, 5) is 57.4. The van der Waals surface area contributed by atoms with Gasteiger partial charge in [0.05, 0.1) is 22.5 Å². The largest absolute Gasteiger partial charge is 0.484 e. The molecule has 3 fully saturated rings. The summed E-state index contributed by atoms with van der Waals surface area (Å²) >= 11 is 2.79. The number of aromatic amines is 1. The molecule has 1 aromatic heterocycles. The summed E-state index contributed by atoms with van der Waals surface area (Å²) in [6.45, 7) is -0.238. The SMILES string of the molecule is O=C(COc1ccc([C@@H]2c3sc(=O)[nH]c3S[C@@H]3[C@@H]4C[C@@H]([C@@H]5C(=O)N(c6ccc(F)cc6)C(=O)[C@@H]45)[C@H]23)cc1)Nc1ccc(F)cc1. The Morgan fingerprint density at radius 1 is 0.889 bits per heavy atom. The van der Waals surface area contributed by atoms with Gasteiger partial charge in [-0.25, -0.2) is 8.78 Å². The molecule has 0 unspecified atom stereocenters. The Morgan fingerprint density at radius 2 is 1.53 bits per heavy atom. The van der Waals surface area contributed by atoms with Crippen molar-refractivity contribution in [2.75, 3.05) is 16.8 Å². The van der Waals surface area contributed by atoms with Crippen molar-refractivity contribution in [1.82, 2.24) is 4.98 Å². The molecule has 4 aromatic rings. The van der Waals surface area contributed by atoms with Crippen LogP contribution in [-0.2, 0) is 14.4 Å². The Morgan fingerprint density at radius 3 is 2.22 bits per heavy atom. The van der Waals surface area contributed by atoms with Crippen molar-refractivity contribution < 1.29 is 27.9 Å². The summed E-state index contributed by atoms with van der Waals surface area (Å²) in [6, 6.07) is 18.3. The number of H-pyrrole nitrogens is 1. The van der Waals surface area contributed by atoms with Crippen LogP contribution in [0.5, 0.6) is 5.75 Å². The molecule has 2 bridgehead atoms. The predicted octanol–water partition coefficient (Wildman–Crippen LogP) is 5.41. The fourth-order valence-electron chi connectivity index (χ4n) is 7.89. The number of carbonyl (C=O) groups is 3. The maximum absolute atomic E-state index is 13.8. The molecule has 45 heavy (non-hydrogen) atoms. The van der Waals surface area contributed by atoms with Crippen LogP contribution >= 0.6 is 23.1 Å². The van der Waals surface area contributed by atoms with Crippen molar-refractivity contribution >= 4 is 52.2 Å². The van der Waals surface area contributed by atoms with Crippen LogP contribution in [0.2, 0.25) is 0 Å².